The summed E-state index contributed by atoms with van der Waals surface area (Å²) in [5, 5.41) is 6.34. The molecule has 0 aliphatic rings. The van der Waals surface area contributed by atoms with E-state index in [2.05, 4.69) is 14.6 Å². The van der Waals surface area contributed by atoms with Gasteiger partial charge in [0.1, 0.15) is 0 Å². The Labute approximate surface area is 71.7 Å². The summed E-state index contributed by atoms with van der Waals surface area (Å²) in [6, 6.07) is 0. The van der Waals surface area contributed by atoms with Crippen molar-refractivity contribution in [3.8, 4) is 0 Å². The van der Waals surface area contributed by atoms with E-state index < -0.39 is 9.84 Å². The van der Waals surface area contributed by atoms with Gasteiger partial charge >= 0.3 is 5.22 Å². The Balaban J connectivity index is 0.000000561. The first-order chi connectivity index (χ1) is 5.50. The fraction of sp³-hybridized carbons (Fsp3) is 0.667. The summed E-state index contributed by atoms with van der Waals surface area (Å²) in [4.78, 5) is 0. The van der Waals surface area contributed by atoms with E-state index in [0.29, 0.717) is 0 Å². The number of aromatic nitrogens is 2. The Morgan fingerprint density at radius 2 is 1.75 bits per heavy atom. The van der Waals surface area contributed by atoms with Gasteiger partial charge in [-0.2, -0.15) is 0 Å². The summed E-state index contributed by atoms with van der Waals surface area (Å²) < 4.78 is 25.9. The quantitative estimate of drug-likeness (QED) is 0.658. The van der Waals surface area contributed by atoms with Crippen LogP contribution in [0.15, 0.2) is 9.64 Å². The molecule has 0 saturated carbocycles. The van der Waals surface area contributed by atoms with E-state index in [9.17, 15) is 8.42 Å². The maximum absolute atomic E-state index is 10.6. The molecule has 6 heteroatoms. The van der Waals surface area contributed by atoms with Crippen LogP contribution < -0.4 is 0 Å². The lowest BCUT2D eigenvalue weighted by molar-refractivity contribution is 0.411. The maximum Gasteiger partial charge on any atom is 0.335 e. The molecular weight excluding hydrogens is 180 g/mol. The standard InChI is InChI=1S/C4H6N2O3S.C2H6/c1-3-5-6-4(9-3)10(2,7)8;1-2/h1-2H3;1-2H3. The fourth-order valence-corrected chi connectivity index (χ4v) is 0.889. The molecule has 0 aliphatic carbocycles. The van der Waals surface area contributed by atoms with Gasteiger partial charge in [-0.05, 0) is 0 Å². The molecule has 0 spiro atoms. The van der Waals surface area contributed by atoms with Crippen LogP contribution in [0.25, 0.3) is 0 Å². The third kappa shape index (κ3) is 3.00. The molecule has 70 valence electrons. The van der Waals surface area contributed by atoms with Crippen LogP contribution in [0, 0.1) is 6.92 Å². The van der Waals surface area contributed by atoms with Crippen LogP contribution in [0.2, 0.25) is 0 Å². The van der Waals surface area contributed by atoms with E-state index in [0.717, 1.165) is 6.26 Å². The first kappa shape index (κ1) is 11.1. The molecule has 0 unspecified atom stereocenters. The Morgan fingerprint density at radius 3 is 1.92 bits per heavy atom. The lowest BCUT2D eigenvalue weighted by Crippen LogP contribution is -1.96. The van der Waals surface area contributed by atoms with E-state index in [1.807, 2.05) is 13.8 Å². The number of sulfone groups is 1. The topological polar surface area (TPSA) is 73.1 Å². The smallest absolute Gasteiger partial charge is 0.335 e. The summed E-state index contributed by atoms with van der Waals surface area (Å²) in [5.74, 6) is 0.250. The first-order valence-electron chi connectivity index (χ1n) is 3.50. The van der Waals surface area contributed by atoms with E-state index in [-0.39, 0.29) is 11.1 Å². The van der Waals surface area contributed by atoms with Crippen molar-refractivity contribution in [3.63, 3.8) is 0 Å². The summed E-state index contributed by atoms with van der Waals surface area (Å²) in [5.41, 5.74) is 0. The van der Waals surface area contributed by atoms with E-state index in [1.54, 1.807) is 0 Å². The Bertz CT molecular complexity index is 328. The normalized spacial score (nSPS) is 10.3. The predicted octanol–water partition coefficient (Wildman–Crippen LogP) is 0.808. The van der Waals surface area contributed by atoms with Crippen LogP contribution >= 0.6 is 0 Å². The van der Waals surface area contributed by atoms with Crippen molar-refractivity contribution in [3.05, 3.63) is 5.89 Å². The minimum absolute atomic E-state index is 0.250. The van der Waals surface area contributed by atoms with Crippen molar-refractivity contribution in [2.24, 2.45) is 0 Å². The lowest BCUT2D eigenvalue weighted by Gasteiger charge is -1.83. The molecule has 0 fully saturated rings. The second-order valence-electron chi connectivity index (χ2n) is 1.86. The van der Waals surface area contributed by atoms with Crippen LogP contribution in [0.3, 0.4) is 0 Å². The van der Waals surface area contributed by atoms with E-state index in [4.69, 9.17) is 0 Å². The highest BCUT2D eigenvalue weighted by molar-refractivity contribution is 7.90. The zero-order valence-corrected chi connectivity index (χ0v) is 8.34. The molecule has 0 saturated heterocycles. The Hall–Kier alpha value is -0.910. The highest BCUT2D eigenvalue weighted by Crippen LogP contribution is 2.04. The molecule has 1 aromatic heterocycles. The molecule has 0 bridgehead atoms. The van der Waals surface area contributed by atoms with Crippen molar-refractivity contribution in [2.45, 2.75) is 26.0 Å². The van der Waals surface area contributed by atoms with Crippen molar-refractivity contribution in [1.29, 1.82) is 0 Å². The number of hydrogen-bond acceptors (Lipinski definition) is 5. The molecule has 0 aliphatic heterocycles. The first-order valence-corrected chi connectivity index (χ1v) is 5.39. The molecule has 0 amide bonds. The third-order valence-electron chi connectivity index (χ3n) is 0.825. The average molecular weight is 192 g/mol. The lowest BCUT2D eigenvalue weighted by atomic mass is 10.8. The summed E-state index contributed by atoms with van der Waals surface area (Å²) in [6.07, 6.45) is 1.01. The van der Waals surface area contributed by atoms with Gasteiger partial charge in [0.25, 0.3) is 0 Å². The number of hydrogen-bond donors (Lipinski definition) is 0. The maximum atomic E-state index is 10.6. The minimum Gasteiger partial charge on any atom is -0.413 e. The number of nitrogens with zero attached hydrogens (tertiary/aromatic N) is 2. The van der Waals surface area contributed by atoms with Crippen LogP contribution in [0.5, 0.6) is 0 Å². The molecule has 0 aromatic carbocycles. The summed E-state index contributed by atoms with van der Waals surface area (Å²) >= 11 is 0. The molecular formula is C6H12N2O3S. The molecule has 1 aromatic rings. The molecule has 0 N–H and O–H groups in total. The fourth-order valence-electron chi connectivity index (χ4n) is 0.428. The molecule has 0 atom stereocenters. The Kier molecular flexibility index (Phi) is 3.88. The van der Waals surface area contributed by atoms with Gasteiger partial charge in [0, 0.05) is 13.2 Å². The van der Waals surface area contributed by atoms with Gasteiger partial charge in [0.15, 0.2) is 0 Å². The van der Waals surface area contributed by atoms with Gasteiger partial charge in [0.2, 0.25) is 15.7 Å². The number of rotatable bonds is 1. The molecule has 1 heterocycles. The van der Waals surface area contributed by atoms with Crippen LogP contribution in [-0.4, -0.2) is 24.9 Å². The van der Waals surface area contributed by atoms with Crippen LogP contribution in [0.1, 0.15) is 19.7 Å². The van der Waals surface area contributed by atoms with Crippen molar-refractivity contribution >= 4 is 9.84 Å². The largest absolute Gasteiger partial charge is 0.413 e. The SMILES string of the molecule is CC.Cc1nnc(S(C)(=O)=O)o1. The minimum atomic E-state index is -3.32. The second kappa shape index (κ2) is 4.20. The van der Waals surface area contributed by atoms with Crippen LogP contribution in [0.4, 0.5) is 0 Å². The van der Waals surface area contributed by atoms with Gasteiger partial charge < -0.3 is 4.42 Å². The van der Waals surface area contributed by atoms with Gasteiger partial charge in [0.05, 0.1) is 0 Å². The number of aryl methyl sites for hydroxylation is 1. The molecule has 0 radical (unpaired) electrons. The van der Waals surface area contributed by atoms with Gasteiger partial charge in [-0.25, -0.2) is 8.42 Å². The second-order valence-corrected chi connectivity index (χ2v) is 3.75. The monoisotopic (exact) mass is 192 g/mol. The Morgan fingerprint density at radius 1 is 1.25 bits per heavy atom. The molecule has 1 rings (SSSR count). The van der Waals surface area contributed by atoms with Crippen molar-refractivity contribution < 1.29 is 12.8 Å². The third-order valence-corrected chi connectivity index (χ3v) is 1.62. The molecule has 12 heavy (non-hydrogen) atoms. The highest BCUT2D eigenvalue weighted by atomic mass is 32.2. The highest BCUT2D eigenvalue weighted by Gasteiger charge is 2.13. The average Bonchev–Trinajstić information content (AvgIpc) is 2.39. The van der Waals surface area contributed by atoms with Crippen molar-refractivity contribution in [2.75, 3.05) is 6.26 Å². The zero-order valence-electron chi connectivity index (χ0n) is 7.53. The van der Waals surface area contributed by atoms with Crippen molar-refractivity contribution in [1.82, 2.24) is 10.2 Å². The predicted molar refractivity (Wildman–Crippen MR) is 43.5 cm³/mol. The molecule has 5 nitrogen and oxygen atoms in total. The van der Waals surface area contributed by atoms with Gasteiger partial charge in [-0.3, -0.25) is 0 Å². The van der Waals surface area contributed by atoms with Gasteiger partial charge in [-0.15, -0.1) is 5.10 Å². The van der Waals surface area contributed by atoms with Crippen LogP contribution in [-0.2, 0) is 9.84 Å². The van der Waals surface area contributed by atoms with E-state index >= 15 is 0 Å². The van der Waals surface area contributed by atoms with E-state index in [1.165, 1.54) is 6.92 Å². The summed E-state index contributed by atoms with van der Waals surface area (Å²) in [6.45, 7) is 5.53. The van der Waals surface area contributed by atoms with Gasteiger partial charge in [-0.1, -0.05) is 18.9 Å². The summed E-state index contributed by atoms with van der Waals surface area (Å²) in [7, 11) is -3.32. The zero-order chi connectivity index (χ0) is 9.78.